The van der Waals surface area contributed by atoms with Gasteiger partial charge in [0.05, 0.1) is 23.2 Å². The average molecular weight is 245 g/mol. The summed E-state index contributed by atoms with van der Waals surface area (Å²) in [4.78, 5) is 9.73. The Morgan fingerprint density at radius 1 is 1.35 bits per heavy atom. The minimum absolute atomic E-state index is 0.739. The van der Waals surface area contributed by atoms with Crippen molar-refractivity contribution in [1.82, 2.24) is 9.97 Å². The van der Waals surface area contributed by atoms with Gasteiger partial charge in [-0.05, 0) is 19.1 Å². The number of nitrogens with one attached hydrogen (secondary N) is 1. The average Bonchev–Trinajstić information content (AvgIpc) is 2.94. The molecule has 3 aromatic heterocycles. The number of rotatable bonds is 3. The van der Waals surface area contributed by atoms with Crippen LogP contribution in [0, 0.1) is 6.92 Å². The molecule has 86 valence electrons. The first-order valence-corrected chi connectivity index (χ1v) is 6.12. The third-order valence-electron chi connectivity index (χ3n) is 2.48. The van der Waals surface area contributed by atoms with E-state index in [1.54, 1.807) is 23.8 Å². The molecule has 4 nitrogen and oxygen atoms in total. The second-order valence-electron chi connectivity index (χ2n) is 3.69. The number of thiazole rings is 1. The molecule has 3 heterocycles. The minimum atomic E-state index is 0.739. The van der Waals surface area contributed by atoms with Crippen molar-refractivity contribution in [2.75, 3.05) is 5.32 Å². The van der Waals surface area contributed by atoms with Crippen LogP contribution in [0.4, 0.5) is 5.82 Å². The van der Waals surface area contributed by atoms with E-state index in [-0.39, 0.29) is 0 Å². The lowest BCUT2D eigenvalue weighted by molar-refractivity contribution is 0.615. The molecule has 0 atom stereocenters. The van der Waals surface area contributed by atoms with Gasteiger partial charge in [0.1, 0.15) is 11.4 Å². The number of aryl methyl sites for hydroxylation is 1. The van der Waals surface area contributed by atoms with Gasteiger partial charge in [-0.2, -0.15) is 0 Å². The van der Waals surface area contributed by atoms with Crippen molar-refractivity contribution in [3.63, 3.8) is 0 Å². The van der Waals surface area contributed by atoms with E-state index in [9.17, 15) is 0 Å². The van der Waals surface area contributed by atoms with Gasteiger partial charge in [0.25, 0.3) is 0 Å². The fraction of sp³-hybridized carbons (Fsp3) is 0.167. The van der Waals surface area contributed by atoms with Crippen LogP contribution in [0.15, 0.2) is 35.2 Å². The van der Waals surface area contributed by atoms with E-state index in [1.165, 1.54) is 4.88 Å². The van der Waals surface area contributed by atoms with E-state index in [0.29, 0.717) is 0 Å². The topological polar surface area (TPSA) is 51.0 Å². The highest BCUT2D eigenvalue weighted by atomic mass is 32.1. The first-order chi connectivity index (χ1) is 8.33. The maximum absolute atomic E-state index is 5.32. The Hall–Kier alpha value is -1.88. The van der Waals surface area contributed by atoms with E-state index < -0.39 is 0 Å². The number of pyridine rings is 1. The van der Waals surface area contributed by atoms with Crippen molar-refractivity contribution < 1.29 is 4.42 Å². The summed E-state index contributed by atoms with van der Waals surface area (Å²) in [6.07, 6.45) is 5.31. The van der Waals surface area contributed by atoms with Gasteiger partial charge in [0, 0.05) is 17.3 Å². The largest absolute Gasteiger partial charge is 0.464 e. The summed E-state index contributed by atoms with van der Waals surface area (Å²) >= 11 is 1.69. The normalized spacial score (nSPS) is 10.9. The second-order valence-corrected chi connectivity index (χ2v) is 5.01. The summed E-state index contributed by atoms with van der Waals surface area (Å²) < 4.78 is 5.32. The zero-order valence-electron chi connectivity index (χ0n) is 9.30. The number of nitrogens with zero attached hydrogens (tertiary/aromatic N) is 2. The molecule has 0 spiro atoms. The van der Waals surface area contributed by atoms with E-state index in [0.717, 1.165) is 28.3 Å². The third kappa shape index (κ3) is 2.01. The number of aromatic nitrogens is 2. The van der Waals surface area contributed by atoms with E-state index in [4.69, 9.17) is 4.42 Å². The first kappa shape index (κ1) is 10.3. The number of hydrogen-bond donors (Lipinski definition) is 1. The van der Waals surface area contributed by atoms with Crippen molar-refractivity contribution in [3.8, 4) is 0 Å². The third-order valence-corrected chi connectivity index (χ3v) is 3.39. The molecule has 0 aliphatic rings. The molecule has 0 fully saturated rings. The second kappa shape index (κ2) is 4.18. The van der Waals surface area contributed by atoms with Crippen LogP contribution < -0.4 is 5.32 Å². The van der Waals surface area contributed by atoms with Crippen LogP contribution in [-0.4, -0.2) is 9.97 Å². The molecular formula is C12H11N3OS. The molecule has 0 aliphatic carbocycles. The van der Waals surface area contributed by atoms with Gasteiger partial charge >= 0.3 is 0 Å². The van der Waals surface area contributed by atoms with Gasteiger partial charge in [0.15, 0.2) is 0 Å². The zero-order chi connectivity index (χ0) is 11.7. The predicted octanol–water partition coefficient (Wildman–Crippen LogP) is 3.20. The Kier molecular flexibility index (Phi) is 2.53. The van der Waals surface area contributed by atoms with Crippen LogP contribution in [0.2, 0.25) is 0 Å². The number of anilines is 1. The molecule has 0 bridgehead atoms. The quantitative estimate of drug-likeness (QED) is 0.769. The van der Waals surface area contributed by atoms with Gasteiger partial charge < -0.3 is 9.73 Å². The highest BCUT2D eigenvalue weighted by molar-refractivity contribution is 7.11. The maximum atomic E-state index is 5.32. The highest BCUT2D eigenvalue weighted by Gasteiger charge is 2.05. The van der Waals surface area contributed by atoms with Crippen molar-refractivity contribution in [3.05, 3.63) is 40.7 Å². The molecule has 0 aromatic carbocycles. The molecule has 3 aromatic rings. The van der Waals surface area contributed by atoms with Gasteiger partial charge in [-0.25, -0.2) is 9.97 Å². The Morgan fingerprint density at radius 3 is 3.12 bits per heavy atom. The molecule has 17 heavy (non-hydrogen) atoms. The molecular weight excluding hydrogens is 234 g/mol. The van der Waals surface area contributed by atoms with Gasteiger partial charge in [-0.1, -0.05) is 0 Å². The molecule has 0 amide bonds. The molecule has 0 unspecified atom stereocenters. The van der Waals surface area contributed by atoms with Crippen LogP contribution >= 0.6 is 11.3 Å². The Labute approximate surface area is 102 Å². The van der Waals surface area contributed by atoms with E-state index in [1.807, 2.05) is 25.3 Å². The van der Waals surface area contributed by atoms with Gasteiger partial charge in [-0.15, -0.1) is 11.3 Å². The van der Waals surface area contributed by atoms with Crippen LogP contribution in [0.3, 0.4) is 0 Å². The van der Waals surface area contributed by atoms with Crippen LogP contribution in [0.5, 0.6) is 0 Å². The molecule has 0 radical (unpaired) electrons. The molecule has 3 rings (SSSR count). The number of furan rings is 1. The smallest absolute Gasteiger partial charge is 0.139 e. The molecule has 5 heteroatoms. The molecule has 0 saturated heterocycles. The molecule has 0 saturated carbocycles. The zero-order valence-corrected chi connectivity index (χ0v) is 10.1. The Bertz CT molecular complexity index is 644. The van der Waals surface area contributed by atoms with Gasteiger partial charge in [-0.3, -0.25) is 0 Å². The fourth-order valence-electron chi connectivity index (χ4n) is 1.69. The summed E-state index contributed by atoms with van der Waals surface area (Å²) in [6, 6.07) is 3.78. The Morgan fingerprint density at radius 2 is 2.29 bits per heavy atom. The van der Waals surface area contributed by atoms with Crippen molar-refractivity contribution >= 4 is 28.1 Å². The minimum Gasteiger partial charge on any atom is -0.464 e. The van der Waals surface area contributed by atoms with Gasteiger partial charge in [0.2, 0.25) is 0 Å². The SMILES string of the molecule is Cc1ncc(CNc2nccc3occc23)s1. The monoisotopic (exact) mass is 245 g/mol. The van der Waals surface area contributed by atoms with E-state index >= 15 is 0 Å². The van der Waals surface area contributed by atoms with E-state index in [2.05, 4.69) is 15.3 Å². The summed E-state index contributed by atoms with van der Waals surface area (Å²) in [5, 5.41) is 5.39. The number of hydrogen-bond acceptors (Lipinski definition) is 5. The summed E-state index contributed by atoms with van der Waals surface area (Å²) in [5.41, 5.74) is 0.850. The number of fused-ring (bicyclic) bond motifs is 1. The summed E-state index contributed by atoms with van der Waals surface area (Å²) in [5.74, 6) is 0.849. The standard InChI is InChI=1S/C12H11N3OS/c1-8-14-6-9(17-8)7-15-12-10-3-5-16-11(10)2-4-13-12/h2-6H,7H2,1H3,(H,13,15). The van der Waals surface area contributed by atoms with Crippen molar-refractivity contribution in [1.29, 1.82) is 0 Å². The lowest BCUT2D eigenvalue weighted by Gasteiger charge is -2.03. The molecule has 0 aliphatic heterocycles. The fourth-order valence-corrected chi connectivity index (χ4v) is 2.43. The molecule has 1 N–H and O–H groups in total. The van der Waals surface area contributed by atoms with Crippen LogP contribution in [0.25, 0.3) is 11.0 Å². The lowest BCUT2D eigenvalue weighted by Crippen LogP contribution is -1.99. The maximum Gasteiger partial charge on any atom is 0.139 e. The first-order valence-electron chi connectivity index (χ1n) is 5.30. The Balaban J connectivity index is 1.83. The predicted molar refractivity (Wildman–Crippen MR) is 68.2 cm³/mol. The summed E-state index contributed by atoms with van der Waals surface area (Å²) in [7, 11) is 0. The van der Waals surface area contributed by atoms with Crippen LogP contribution in [0.1, 0.15) is 9.88 Å². The van der Waals surface area contributed by atoms with Crippen molar-refractivity contribution in [2.24, 2.45) is 0 Å². The van der Waals surface area contributed by atoms with Crippen LogP contribution in [-0.2, 0) is 6.54 Å². The lowest BCUT2D eigenvalue weighted by atomic mass is 10.3. The summed E-state index contributed by atoms with van der Waals surface area (Å²) in [6.45, 7) is 2.74. The highest BCUT2D eigenvalue weighted by Crippen LogP contribution is 2.22. The van der Waals surface area contributed by atoms with Crippen molar-refractivity contribution in [2.45, 2.75) is 13.5 Å².